The molecule has 0 aliphatic carbocycles. The number of hydrogen-bond donors (Lipinski definition) is 0. The molecule has 35 heavy (non-hydrogen) atoms. The lowest BCUT2D eigenvalue weighted by Crippen LogP contribution is -2.43. The zero-order chi connectivity index (χ0) is 26.2. The van der Waals surface area contributed by atoms with Crippen molar-refractivity contribution in [1.29, 1.82) is 0 Å². The predicted octanol–water partition coefficient (Wildman–Crippen LogP) is 6.69. The second kappa shape index (κ2) is 10.3. The Labute approximate surface area is 214 Å². The molecule has 0 radical (unpaired) electrons. The van der Waals surface area contributed by atoms with Crippen molar-refractivity contribution in [3.8, 4) is 17.2 Å². The van der Waals surface area contributed by atoms with Gasteiger partial charge in [0, 0.05) is 12.7 Å². The molecule has 2 aromatic carbocycles. The second-order valence-corrected chi connectivity index (χ2v) is 17.3. The first-order valence-electron chi connectivity index (χ1n) is 12.8. The van der Waals surface area contributed by atoms with Gasteiger partial charge in [-0.2, -0.15) is 0 Å². The van der Waals surface area contributed by atoms with E-state index in [1.54, 1.807) is 7.11 Å². The summed E-state index contributed by atoms with van der Waals surface area (Å²) in [6.07, 6.45) is 0. The fourth-order valence-corrected chi connectivity index (χ4v) is 10.7. The van der Waals surface area contributed by atoms with Gasteiger partial charge in [-0.3, -0.25) is 0 Å². The number of hydrogen-bond acceptors (Lipinski definition) is 4. The lowest BCUT2D eigenvalue weighted by Gasteiger charge is -2.38. The highest BCUT2D eigenvalue weighted by Gasteiger charge is 2.52. The normalized spacial score (nSPS) is 17.4. The predicted molar refractivity (Wildman–Crippen MR) is 150 cm³/mol. The SMILES string of the molecule is COCOc1cc(B2OC(C)(C)C(C)(C)O2)c2c(C#C[Si](C(C)C)(C(C)C)C(C)C)cccc2c1. The van der Waals surface area contributed by atoms with E-state index in [4.69, 9.17) is 18.8 Å². The van der Waals surface area contributed by atoms with Crippen LogP contribution in [0, 0.1) is 11.5 Å². The van der Waals surface area contributed by atoms with Crippen LogP contribution in [0.2, 0.25) is 16.6 Å². The van der Waals surface area contributed by atoms with E-state index in [2.05, 4.69) is 98.9 Å². The second-order valence-electron chi connectivity index (χ2n) is 11.7. The summed E-state index contributed by atoms with van der Waals surface area (Å²) in [7, 11) is -0.778. The van der Waals surface area contributed by atoms with E-state index >= 15 is 0 Å². The summed E-state index contributed by atoms with van der Waals surface area (Å²) in [6, 6.07) is 10.4. The van der Waals surface area contributed by atoms with Gasteiger partial charge in [0.05, 0.1) is 11.2 Å². The Morgan fingerprint density at radius 2 is 1.49 bits per heavy atom. The summed E-state index contributed by atoms with van der Waals surface area (Å²) < 4.78 is 24.0. The molecule has 2 aromatic rings. The first kappa shape index (κ1) is 27.8. The molecular formula is C29H43BO4Si. The van der Waals surface area contributed by atoms with E-state index in [1.807, 2.05) is 12.1 Å². The summed E-state index contributed by atoms with van der Waals surface area (Å²) in [5, 5.41) is 2.13. The summed E-state index contributed by atoms with van der Waals surface area (Å²) in [6.45, 7) is 22.6. The number of ether oxygens (including phenoxy) is 2. The minimum atomic E-state index is -1.89. The minimum Gasteiger partial charge on any atom is -0.468 e. The molecule has 0 unspecified atom stereocenters. The van der Waals surface area contributed by atoms with E-state index < -0.39 is 26.4 Å². The van der Waals surface area contributed by atoms with Gasteiger partial charge in [-0.1, -0.05) is 59.6 Å². The van der Waals surface area contributed by atoms with Crippen LogP contribution in [-0.4, -0.2) is 40.3 Å². The van der Waals surface area contributed by atoms with E-state index in [9.17, 15) is 0 Å². The summed E-state index contributed by atoms with van der Waals surface area (Å²) in [4.78, 5) is 0. The monoisotopic (exact) mass is 494 g/mol. The van der Waals surface area contributed by atoms with Crippen LogP contribution in [0.5, 0.6) is 5.75 Å². The molecular weight excluding hydrogens is 451 g/mol. The minimum absolute atomic E-state index is 0.180. The highest BCUT2D eigenvalue weighted by atomic mass is 28.3. The molecule has 0 atom stereocenters. The third kappa shape index (κ3) is 5.20. The van der Waals surface area contributed by atoms with Gasteiger partial charge < -0.3 is 18.8 Å². The third-order valence-electron chi connectivity index (χ3n) is 8.11. The van der Waals surface area contributed by atoms with Crippen LogP contribution in [0.4, 0.5) is 0 Å². The van der Waals surface area contributed by atoms with Crippen molar-refractivity contribution in [3.05, 3.63) is 35.9 Å². The quantitative estimate of drug-likeness (QED) is 0.244. The highest BCUT2D eigenvalue weighted by Crippen LogP contribution is 2.41. The average Bonchev–Trinajstić information content (AvgIpc) is 2.98. The van der Waals surface area contributed by atoms with Crippen LogP contribution in [0.15, 0.2) is 30.3 Å². The first-order chi connectivity index (χ1) is 16.3. The van der Waals surface area contributed by atoms with Crippen LogP contribution < -0.4 is 10.2 Å². The molecule has 0 N–H and O–H groups in total. The van der Waals surface area contributed by atoms with Gasteiger partial charge in [-0.05, 0) is 78.8 Å². The van der Waals surface area contributed by atoms with Gasteiger partial charge in [0.1, 0.15) is 13.8 Å². The van der Waals surface area contributed by atoms with Crippen molar-refractivity contribution in [1.82, 2.24) is 0 Å². The Hall–Kier alpha value is -1.78. The van der Waals surface area contributed by atoms with Gasteiger partial charge in [0.25, 0.3) is 0 Å². The third-order valence-corrected chi connectivity index (χ3v) is 14.4. The molecule has 3 rings (SSSR count). The van der Waals surface area contributed by atoms with Gasteiger partial charge in [-0.15, -0.1) is 5.54 Å². The maximum absolute atomic E-state index is 6.48. The largest absolute Gasteiger partial charge is 0.495 e. The van der Waals surface area contributed by atoms with Crippen LogP contribution >= 0.6 is 0 Å². The molecule has 1 aliphatic rings. The zero-order valence-corrected chi connectivity index (χ0v) is 24.5. The highest BCUT2D eigenvalue weighted by molar-refractivity contribution is 6.90. The smallest absolute Gasteiger partial charge is 0.468 e. The maximum atomic E-state index is 6.48. The molecule has 1 heterocycles. The van der Waals surface area contributed by atoms with Crippen LogP contribution in [0.3, 0.4) is 0 Å². The van der Waals surface area contributed by atoms with Crippen LogP contribution in [0.25, 0.3) is 10.8 Å². The van der Waals surface area contributed by atoms with Gasteiger partial charge >= 0.3 is 7.12 Å². The van der Waals surface area contributed by atoms with Gasteiger partial charge in [0.2, 0.25) is 0 Å². The number of rotatable bonds is 7. The number of fused-ring (bicyclic) bond motifs is 1. The Balaban J connectivity index is 2.25. The van der Waals surface area contributed by atoms with E-state index in [0.29, 0.717) is 16.6 Å². The molecule has 1 aliphatic heterocycles. The topological polar surface area (TPSA) is 36.9 Å². The van der Waals surface area contributed by atoms with Crippen molar-refractivity contribution in [3.63, 3.8) is 0 Å². The Morgan fingerprint density at radius 3 is 2.00 bits per heavy atom. The number of methoxy groups -OCH3 is 1. The standard InChI is InChI=1S/C29H43BO4Si/c1-20(2)35(21(3)4,22(5)6)16-15-23-13-12-14-24-17-25(32-19-31-11)18-26(27(23)24)30-33-28(7,8)29(9,10)34-30/h12-14,17-18,20-22H,19H2,1-11H3. The zero-order valence-electron chi connectivity index (χ0n) is 23.5. The summed E-state index contributed by atoms with van der Waals surface area (Å²) >= 11 is 0. The van der Waals surface area contributed by atoms with Crippen molar-refractivity contribution < 1.29 is 18.8 Å². The van der Waals surface area contributed by atoms with Gasteiger partial charge in [-0.25, -0.2) is 0 Å². The van der Waals surface area contributed by atoms with Crippen molar-refractivity contribution in [2.24, 2.45) is 0 Å². The maximum Gasteiger partial charge on any atom is 0.495 e. The molecule has 0 spiro atoms. The molecule has 0 bridgehead atoms. The first-order valence-corrected chi connectivity index (χ1v) is 15.1. The summed E-state index contributed by atoms with van der Waals surface area (Å²) in [5.74, 6) is 4.40. The van der Waals surface area contributed by atoms with E-state index in [-0.39, 0.29) is 6.79 Å². The lowest BCUT2D eigenvalue weighted by molar-refractivity contribution is 0.00578. The fourth-order valence-electron chi connectivity index (χ4n) is 5.51. The van der Waals surface area contributed by atoms with Crippen molar-refractivity contribution >= 4 is 31.4 Å². The summed E-state index contributed by atoms with van der Waals surface area (Å²) in [5.41, 5.74) is 6.69. The van der Waals surface area contributed by atoms with E-state index in [1.165, 1.54) is 0 Å². The lowest BCUT2D eigenvalue weighted by atomic mass is 9.75. The molecule has 0 saturated carbocycles. The molecule has 1 fully saturated rings. The fraction of sp³-hybridized carbons (Fsp3) is 0.586. The molecule has 0 aromatic heterocycles. The van der Waals surface area contributed by atoms with Crippen molar-refractivity contribution in [2.75, 3.05) is 13.9 Å². The molecule has 0 amide bonds. The average molecular weight is 495 g/mol. The molecule has 190 valence electrons. The number of benzene rings is 2. The Bertz CT molecular complexity index is 1070. The van der Waals surface area contributed by atoms with Crippen LogP contribution in [-0.2, 0) is 14.0 Å². The Kier molecular flexibility index (Phi) is 8.18. The van der Waals surface area contributed by atoms with Gasteiger partial charge in [0.15, 0.2) is 6.79 Å². The molecule has 1 saturated heterocycles. The van der Waals surface area contributed by atoms with Crippen molar-refractivity contribution in [2.45, 2.75) is 97.1 Å². The van der Waals surface area contributed by atoms with Crippen LogP contribution in [0.1, 0.15) is 74.8 Å². The Morgan fingerprint density at radius 1 is 0.914 bits per heavy atom. The van der Waals surface area contributed by atoms with E-state index in [0.717, 1.165) is 27.5 Å². The molecule has 6 heteroatoms. The molecule has 4 nitrogen and oxygen atoms in total.